The lowest BCUT2D eigenvalue weighted by Crippen LogP contribution is -2.30. The number of carbonyl (C=O) groups is 1. The van der Waals surface area contributed by atoms with Crippen LogP contribution in [0.25, 0.3) is 0 Å². The summed E-state index contributed by atoms with van der Waals surface area (Å²) in [6, 6.07) is 10.1. The van der Waals surface area contributed by atoms with Crippen LogP contribution in [0.4, 0.5) is 5.69 Å². The normalized spacial score (nSPS) is 12.1. The first-order chi connectivity index (χ1) is 12.6. The Morgan fingerprint density at radius 1 is 0.889 bits per heavy atom. The molecule has 10 heteroatoms. The minimum absolute atomic E-state index is 0.0101. The highest BCUT2D eigenvalue weighted by Crippen LogP contribution is 2.21. The number of nitrogens with zero attached hydrogens (tertiary/aromatic N) is 1. The van der Waals surface area contributed by atoms with Gasteiger partial charge in [-0.25, -0.2) is 21.6 Å². The smallest absolute Gasteiger partial charge is 0.335 e. The highest BCUT2D eigenvalue weighted by Gasteiger charge is 2.22. The van der Waals surface area contributed by atoms with Crippen molar-refractivity contribution >= 4 is 31.7 Å². The molecule has 0 fully saturated rings. The number of benzene rings is 2. The molecule has 0 spiro atoms. The number of carboxylic acid groups (broad SMARTS) is 1. The number of hydrogen-bond donors (Lipinski definition) is 2. The van der Waals surface area contributed by atoms with E-state index in [0.29, 0.717) is 13.1 Å². The molecule has 27 heavy (non-hydrogen) atoms. The maximum Gasteiger partial charge on any atom is 0.335 e. The maximum atomic E-state index is 12.4. The number of carboxylic acids is 1. The molecule has 0 aliphatic heterocycles. The summed E-state index contributed by atoms with van der Waals surface area (Å²) >= 11 is 0. The predicted octanol–water partition coefficient (Wildman–Crippen LogP) is 2.22. The van der Waals surface area contributed by atoms with Crippen molar-refractivity contribution < 1.29 is 26.7 Å². The lowest BCUT2D eigenvalue weighted by Gasteiger charge is -2.18. The van der Waals surface area contributed by atoms with Gasteiger partial charge < -0.3 is 5.11 Å². The number of aromatic carboxylic acids is 1. The summed E-state index contributed by atoms with van der Waals surface area (Å²) in [4.78, 5) is 10.7. The first-order valence-corrected chi connectivity index (χ1v) is 11.0. The summed E-state index contributed by atoms with van der Waals surface area (Å²) in [7, 11) is -7.62. The van der Waals surface area contributed by atoms with Crippen molar-refractivity contribution in [3.05, 3.63) is 54.1 Å². The fourth-order valence-corrected chi connectivity index (χ4v) is 4.91. The van der Waals surface area contributed by atoms with Crippen LogP contribution in [0.2, 0.25) is 0 Å². The van der Waals surface area contributed by atoms with Gasteiger partial charge in [-0.15, -0.1) is 0 Å². The molecule has 8 nitrogen and oxygen atoms in total. The van der Waals surface area contributed by atoms with E-state index in [1.54, 1.807) is 13.8 Å². The van der Waals surface area contributed by atoms with Gasteiger partial charge in [0.1, 0.15) is 0 Å². The quantitative estimate of drug-likeness (QED) is 0.686. The minimum atomic E-state index is -3.95. The Labute approximate surface area is 158 Å². The van der Waals surface area contributed by atoms with Crippen LogP contribution in [-0.2, 0) is 20.0 Å². The molecule has 0 amide bonds. The molecule has 0 heterocycles. The molecular weight excluding hydrogens is 392 g/mol. The van der Waals surface area contributed by atoms with Gasteiger partial charge in [0.25, 0.3) is 10.0 Å². The first-order valence-electron chi connectivity index (χ1n) is 8.08. The fourth-order valence-electron chi connectivity index (χ4n) is 2.40. The molecule has 0 saturated heterocycles. The summed E-state index contributed by atoms with van der Waals surface area (Å²) in [6.07, 6.45) is 0. The lowest BCUT2D eigenvalue weighted by atomic mass is 10.2. The molecule has 2 N–H and O–H groups in total. The Balaban J connectivity index is 2.26. The Morgan fingerprint density at radius 2 is 1.37 bits per heavy atom. The zero-order valence-corrected chi connectivity index (χ0v) is 16.4. The third kappa shape index (κ3) is 4.65. The predicted molar refractivity (Wildman–Crippen MR) is 101 cm³/mol. The standard InChI is InChI=1S/C17H20N2O6S2/c1-3-19(4-2)27(24,25)16-11-9-15(10-12-16)26(22,23)18-14-7-5-13(6-8-14)17(20)21/h5-12,18H,3-4H2,1-2H3,(H,20,21). The van der Waals surface area contributed by atoms with Crippen LogP contribution < -0.4 is 4.72 Å². The summed E-state index contributed by atoms with van der Waals surface area (Å²) in [6.45, 7) is 4.07. The van der Waals surface area contributed by atoms with E-state index in [2.05, 4.69) is 4.72 Å². The van der Waals surface area contributed by atoms with Gasteiger partial charge in [-0.3, -0.25) is 4.72 Å². The van der Waals surface area contributed by atoms with Gasteiger partial charge in [0, 0.05) is 18.8 Å². The van der Waals surface area contributed by atoms with Gasteiger partial charge in [0.2, 0.25) is 10.0 Å². The van der Waals surface area contributed by atoms with Gasteiger partial charge in [-0.05, 0) is 48.5 Å². The molecule has 146 valence electrons. The number of rotatable bonds is 8. The molecule has 0 aliphatic carbocycles. The van der Waals surface area contributed by atoms with E-state index in [1.807, 2.05) is 0 Å². The Hall–Kier alpha value is -2.43. The molecule has 0 bridgehead atoms. The molecule has 2 aromatic carbocycles. The fraction of sp³-hybridized carbons (Fsp3) is 0.235. The summed E-state index contributed by atoms with van der Waals surface area (Å²) in [5, 5.41) is 8.86. The molecule has 2 aromatic rings. The van der Waals surface area contributed by atoms with Gasteiger partial charge in [-0.1, -0.05) is 13.8 Å². The molecule has 0 aromatic heterocycles. The summed E-state index contributed by atoms with van der Waals surface area (Å²) in [5.41, 5.74) is 0.226. The Morgan fingerprint density at radius 3 is 1.81 bits per heavy atom. The molecule has 2 rings (SSSR count). The number of sulfonamides is 2. The Bertz CT molecular complexity index is 1010. The number of nitrogens with one attached hydrogen (secondary N) is 1. The molecular formula is C17H20N2O6S2. The van der Waals surface area contributed by atoms with Crippen LogP contribution in [-0.4, -0.2) is 45.3 Å². The molecule has 0 aliphatic rings. The van der Waals surface area contributed by atoms with Crippen LogP contribution in [0.3, 0.4) is 0 Å². The zero-order chi connectivity index (χ0) is 20.2. The van der Waals surface area contributed by atoms with Crippen LogP contribution in [0.1, 0.15) is 24.2 Å². The van der Waals surface area contributed by atoms with E-state index in [1.165, 1.54) is 52.8 Å². The Kier molecular flexibility index (Phi) is 6.24. The van der Waals surface area contributed by atoms with E-state index < -0.39 is 26.0 Å². The van der Waals surface area contributed by atoms with Gasteiger partial charge in [0.15, 0.2) is 0 Å². The minimum Gasteiger partial charge on any atom is -0.478 e. The van der Waals surface area contributed by atoms with Crippen LogP contribution in [0.5, 0.6) is 0 Å². The van der Waals surface area contributed by atoms with Crippen molar-refractivity contribution in [2.45, 2.75) is 23.6 Å². The third-order valence-corrected chi connectivity index (χ3v) is 7.32. The average molecular weight is 412 g/mol. The molecule has 0 atom stereocenters. The number of anilines is 1. The van der Waals surface area contributed by atoms with Crippen molar-refractivity contribution in [1.29, 1.82) is 0 Å². The van der Waals surface area contributed by atoms with Crippen LogP contribution in [0.15, 0.2) is 58.3 Å². The van der Waals surface area contributed by atoms with Crippen LogP contribution in [0, 0.1) is 0 Å². The first kappa shape index (κ1) is 20.9. The average Bonchev–Trinajstić information content (AvgIpc) is 2.62. The van der Waals surface area contributed by atoms with E-state index >= 15 is 0 Å². The van der Waals surface area contributed by atoms with Crippen molar-refractivity contribution in [2.24, 2.45) is 0 Å². The molecule has 0 radical (unpaired) electrons. The van der Waals surface area contributed by atoms with E-state index in [4.69, 9.17) is 5.11 Å². The second-order valence-corrected chi connectivity index (χ2v) is 9.17. The maximum absolute atomic E-state index is 12.4. The highest BCUT2D eigenvalue weighted by atomic mass is 32.2. The third-order valence-electron chi connectivity index (χ3n) is 3.86. The highest BCUT2D eigenvalue weighted by molar-refractivity contribution is 7.92. The van der Waals surface area contributed by atoms with Crippen molar-refractivity contribution in [3.8, 4) is 0 Å². The SMILES string of the molecule is CCN(CC)S(=O)(=O)c1ccc(S(=O)(=O)Nc2ccc(C(=O)O)cc2)cc1. The van der Waals surface area contributed by atoms with Gasteiger partial charge in [-0.2, -0.15) is 4.31 Å². The zero-order valence-electron chi connectivity index (χ0n) is 14.8. The molecule has 0 unspecified atom stereocenters. The monoisotopic (exact) mass is 412 g/mol. The van der Waals surface area contributed by atoms with Gasteiger partial charge >= 0.3 is 5.97 Å². The van der Waals surface area contributed by atoms with Crippen molar-refractivity contribution in [1.82, 2.24) is 4.31 Å². The van der Waals surface area contributed by atoms with E-state index in [-0.39, 0.29) is 21.0 Å². The summed E-state index contributed by atoms with van der Waals surface area (Å²) in [5.74, 6) is -1.12. The topological polar surface area (TPSA) is 121 Å². The largest absolute Gasteiger partial charge is 0.478 e. The second-order valence-electron chi connectivity index (χ2n) is 5.55. The van der Waals surface area contributed by atoms with E-state index in [0.717, 1.165) is 0 Å². The second kappa shape index (κ2) is 8.07. The summed E-state index contributed by atoms with van der Waals surface area (Å²) < 4.78 is 53.4. The van der Waals surface area contributed by atoms with Gasteiger partial charge in [0.05, 0.1) is 15.4 Å². The van der Waals surface area contributed by atoms with E-state index in [9.17, 15) is 21.6 Å². The van der Waals surface area contributed by atoms with Crippen LogP contribution >= 0.6 is 0 Å². The van der Waals surface area contributed by atoms with Crippen molar-refractivity contribution in [2.75, 3.05) is 17.8 Å². The number of hydrogen-bond acceptors (Lipinski definition) is 5. The lowest BCUT2D eigenvalue weighted by molar-refractivity contribution is 0.0697. The van der Waals surface area contributed by atoms with Crippen molar-refractivity contribution in [3.63, 3.8) is 0 Å². The molecule has 0 saturated carbocycles.